The second-order valence-electron chi connectivity index (χ2n) is 3.85. The molecular formula is C13H10N2O. The van der Waals surface area contributed by atoms with Crippen LogP contribution in [0.1, 0.15) is 27.3 Å². The first-order valence-electron chi connectivity index (χ1n) is 5.29. The van der Waals surface area contributed by atoms with Gasteiger partial charge in [-0.1, -0.05) is 12.1 Å². The van der Waals surface area contributed by atoms with Gasteiger partial charge in [0.25, 0.3) is 0 Å². The standard InChI is InChI=1S/C13H10N2O/c16-13-11-9(3-1-7-14-11)5-6-10-4-2-8-15-12(10)13/h1-4,7-8H,5-6H2. The van der Waals surface area contributed by atoms with Crippen LogP contribution < -0.4 is 0 Å². The van der Waals surface area contributed by atoms with Crippen LogP contribution in [0.5, 0.6) is 0 Å². The van der Waals surface area contributed by atoms with E-state index in [9.17, 15) is 4.79 Å². The fourth-order valence-electron chi connectivity index (χ4n) is 2.07. The maximum atomic E-state index is 12.2. The van der Waals surface area contributed by atoms with Crippen LogP contribution in [-0.2, 0) is 12.8 Å². The molecule has 3 nitrogen and oxygen atoms in total. The molecule has 1 aliphatic carbocycles. The summed E-state index contributed by atoms with van der Waals surface area (Å²) >= 11 is 0. The highest BCUT2D eigenvalue weighted by molar-refractivity contribution is 6.08. The van der Waals surface area contributed by atoms with Gasteiger partial charge < -0.3 is 0 Å². The van der Waals surface area contributed by atoms with E-state index in [-0.39, 0.29) is 5.78 Å². The lowest BCUT2D eigenvalue weighted by Crippen LogP contribution is -2.08. The predicted molar refractivity (Wildman–Crippen MR) is 59.3 cm³/mol. The molecular weight excluding hydrogens is 200 g/mol. The number of carbonyl (C=O) groups excluding carboxylic acids is 1. The van der Waals surface area contributed by atoms with Gasteiger partial charge in [0.05, 0.1) is 0 Å². The van der Waals surface area contributed by atoms with Crippen molar-refractivity contribution in [3.63, 3.8) is 0 Å². The minimum Gasteiger partial charge on any atom is -0.285 e. The van der Waals surface area contributed by atoms with E-state index in [2.05, 4.69) is 9.97 Å². The van der Waals surface area contributed by atoms with E-state index in [1.54, 1.807) is 12.4 Å². The molecule has 0 bridgehead atoms. The molecule has 0 spiro atoms. The molecule has 3 heteroatoms. The summed E-state index contributed by atoms with van der Waals surface area (Å²) < 4.78 is 0. The van der Waals surface area contributed by atoms with Gasteiger partial charge in [-0.3, -0.25) is 14.8 Å². The normalized spacial score (nSPS) is 13.9. The molecule has 0 atom stereocenters. The molecule has 0 fully saturated rings. The predicted octanol–water partition coefficient (Wildman–Crippen LogP) is 1.81. The third-order valence-corrected chi connectivity index (χ3v) is 2.88. The van der Waals surface area contributed by atoms with E-state index < -0.39 is 0 Å². The molecule has 16 heavy (non-hydrogen) atoms. The Balaban J connectivity index is 2.22. The maximum absolute atomic E-state index is 12.2. The summed E-state index contributed by atoms with van der Waals surface area (Å²) in [6, 6.07) is 7.67. The van der Waals surface area contributed by atoms with Crippen LogP contribution in [0.4, 0.5) is 0 Å². The Morgan fingerprint density at radius 1 is 0.875 bits per heavy atom. The van der Waals surface area contributed by atoms with Gasteiger partial charge in [-0.15, -0.1) is 0 Å². The van der Waals surface area contributed by atoms with Crippen molar-refractivity contribution in [3.8, 4) is 0 Å². The van der Waals surface area contributed by atoms with Gasteiger partial charge in [-0.25, -0.2) is 0 Å². The smallest absolute Gasteiger partial charge is 0.230 e. The number of fused-ring (bicyclic) bond motifs is 2. The summed E-state index contributed by atoms with van der Waals surface area (Å²) in [5.41, 5.74) is 3.15. The fourth-order valence-corrected chi connectivity index (χ4v) is 2.07. The molecule has 2 heterocycles. The number of aryl methyl sites for hydroxylation is 2. The van der Waals surface area contributed by atoms with E-state index in [0.717, 1.165) is 24.0 Å². The van der Waals surface area contributed by atoms with Gasteiger partial charge in [0.1, 0.15) is 11.4 Å². The number of carbonyl (C=O) groups is 1. The van der Waals surface area contributed by atoms with E-state index in [4.69, 9.17) is 0 Å². The van der Waals surface area contributed by atoms with Gasteiger partial charge in [0, 0.05) is 12.4 Å². The number of nitrogens with zero attached hydrogens (tertiary/aromatic N) is 2. The largest absolute Gasteiger partial charge is 0.285 e. The molecule has 0 aromatic carbocycles. The fraction of sp³-hybridized carbons (Fsp3) is 0.154. The first-order chi connectivity index (χ1) is 7.86. The third kappa shape index (κ3) is 1.33. The van der Waals surface area contributed by atoms with E-state index in [1.807, 2.05) is 24.3 Å². The molecule has 0 N–H and O–H groups in total. The molecule has 3 rings (SSSR count). The van der Waals surface area contributed by atoms with Crippen molar-refractivity contribution >= 4 is 5.78 Å². The van der Waals surface area contributed by atoms with E-state index >= 15 is 0 Å². The summed E-state index contributed by atoms with van der Waals surface area (Å²) in [7, 11) is 0. The summed E-state index contributed by atoms with van der Waals surface area (Å²) in [6.45, 7) is 0. The van der Waals surface area contributed by atoms with E-state index in [1.165, 1.54) is 0 Å². The highest BCUT2D eigenvalue weighted by Crippen LogP contribution is 2.20. The summed E-state index contributed by atoms with van der Waals surface area (Å²) in [6.07, 6.45) is 5.02. The molecule has 0 radical (unpaired) electrons. The number of hydrogen-bond donors (Lipinski definition) is 0. The van der Waals surface area contributed by atoms with Gasteiger partial charge in [-0.05, 0) is 36.1 Å². The topological polar surface area (TPSA) is 42.9 Å². The summed E-state index contributed by atoms with van der Waals surface area (Å²) in [5, 5.41) is 0. The molecule has 0 saturated heterocycles. The number of aromatic nitrogens is 2. The van der Waals surface area contributed by atoms with Crippen molar-refractivity contribution < 1.29 is 4.79 Å². The monoisotopic (exact) mass is 210 g/mol. The molecule has 2 aromatic heterocycles. The first-order valence-corrected chi connectivity index (χ1v) is 5.29. The minimum absolute atomic E-state index is 0.0521. The quantitative estimate of drug-likeness (QED) is 0.666. The van der Waals surface area contributed by atoms with Crippen molar-refractivity contribution in [1.29, 1.82) is 0 Å². The highest BCUT2D eigenvalue weighted by Gasteiger charge is 2.22. The van der Waals surface area contributed by atoms with Crippen molar-refractivity contribution in [1.82, 2.24) is 9.97 Å². The minimum atomic E-state index is -0.0521. The zero-order chi connectivity index (χ0) is 11.0. The lowest BCUT2D eigenvalue weighted by atomic mass is 10.1. The Bertz CT molecular complexity index is 514. The summed E-state index contributed by atoms with van der Waals surface area (Å²) in [4.78, 5) is 20.5. The average molecular weight is 210 g/mol. The molecule has 0 amide bonds. The molecule has 0 saturated carbocycles. The number of rotatable bonds is 0. The van der Waals surface area contributed by atoms with Crippen LogP contribution in [0, 0.1) is 0 Å². The van der Waals surface area contributed by atoms with Gasteiger partial charge in [0.15, 0.2) is 0 Å². The van der Waals surface area contributed by atoms with Crippen LogP contribution in [0.3, 0.4) is 0 Å². The Hall–Kier alpha value is -2.03. The maximum Gasteiger partial charge on any atom is 0.230 e. The third-order valence-electron chi connectivity index (χ3n) is 2.88. The molecule has 1 aliphatic rings. The first kappa shape index (κ1) is 9.21. The second kappa shape index (κ2) is 3.52. The van der Waals surface area contributed by atoms with Gasteiger partial charge in [0.2, 0.25) is 5.78 Å². The van der Waals surface area contributed by atoms with Crippen LogP contribution >= 0.6 is 0 Å². The number of hydrogen-bond acceptors (Lipinski definition) is 3. The SMILES string of the molecule is O=C1c2ncccc2CCc2cccnc21. The van der Waals surface area contributed by atoms with Crippen molar-refractivity contribution in [2.24, 2.45) is 0 Å². The molecule has 2 aromatic rings. The Kier molecular flexibility index (Phi) is 2.03. The van der Waals surface area contributed by atoms with Crippen LogP contribution in [-0.4, -0.2) is 15.8 Å². The van der Waals surface area contributed by atoms with Gasteiger partial charge in [-0.2, -0.15) is 0 Å². The second-order valence-corrected chi connectivity index (χ2v) is 3.85. The van der Waals surface area contributed by atoms with E-state index in [0.29, 0.717) is 11.4 Å². The zero-order valence-electron chi connectivity index (χ0n) is 8.68. The van der Waals surface area contributed by atoms with Crippen molar-refractivity contribution in [2.75, 3.05) is 0 Å². The Morgan fingerprint density at radius 3 is 1.88 bits per heavy atom. The lowest BCUT2D eigenvalue weighted by Gasteiger charge is -2.01. The number of pyridine rings is 2. The Morgan fingerprint density at radius 2 is 1.38 bits per heavy atom. The zero-order valence-corrected chi connectivity index (χ0v) is 8.68. The van der Waals surface area contributed by atoms with Crippen molar-refractivity contribution in [2.45, 2.75) is 12.8 Å². The summed E-state index contributed by atoms with van der Waals surface area (Å²) in [5.74, 6) is -0.0521. The number of ketones is 1. The lowest BCUT2D eigenvalue weighted by molar-refractivity contribution is 0.102. The van der Waals surface area contributed by atoms with Crippen LogP contribution in [0.15, 0.2) is 36.7 Å². The molecule has 0 unspecified atom stereocenters. The van der Waals surface area contributed by atoms with Crippen LogP contribution in [0.2, 0.25) is 0 Å². The van der Waals surface area contributed by atoms with Crippen molar-refractivity contribution in [3.05, 3.63) is 59.2 Å². The molecule has 0 aliphatic heterocycles. The molecule has 78 valence electrons. The average Bonchev–Trinajstić information content (AvgIpc) is 2.49. The highest BCUT2D eigenvalue weighted by atomic mass is 16.1. The Labute approximate surface area is 93.2 Å². The van der Waals surface area contributed by atoms with Crippen LogP contribution in [0.25, 0.3) is 0 Å². The van der Waals surface area contributed by atoms with Gasteiger partial charge >= 0.3 is 0 Å².